The van der Waals surface area contributed by atoms with Gasteiger partial charge in [0.2, 0.25) is 0 Å². The van der Waals surface area contributed by atoms with E-state index in [1.165, 1.54) is 18.6 Å². The first-order valence-corrected chi connectivity index (χ1v) is 9.17. The van der Waals surface area contributed by atoms with Crippen molar-refractivity contribution in [1.29, 1.82) is 0 Å². The van der Waals surface area contributed by atoms with Gasteiger partial charge in [0.15, 0.2) is 5.82 Å². The van der Waals surface area contributed by atoms with Gasteiger partial charge in [-0.15, -0.1) is 0 Å². The minimum atomic E-state index is -1.10. The highest BCUT2D eigenvalue weighted by atomic mass is 16.6. The first-order chi connectivity index (χ1) is 13.1. The van der Waals surface area contributed by atoms with E-state index in [-0.39, 0.29) is 23.7 Å². The molecule has 3 rings (SSSR count). The molecule has 2 atom stereocenters. The molecule has 1 aliphatic rings. The molecule has 0 unspecified atom stereocenters. The van der Waals surface area contributed by atoms with Crippen LogP contribution in [0.3, 0.4) is 0 Å². The molecule has 1 N–H and O–H groups in total. The fraction of sp³-hybridized carbons (Fsp3) is 0.526. The predicted molar refractivity (Wildman–Crippen MR) is 104 cm³/mol. The normalized spacial score (nSPS) is 20.3. The summed E-state index contributed by atoms with van der Waals surface area (Å²) in [6.07, 6.45) is 3.95. The van der Waals surface area contributed by atoms with Crippen molar-refractivity contribution in [2.45, 2.75) is 52.3 Å². The number of rotatable bonds is 2. The van der Waals surface area contributed by atoms with Crippen molar-refractivity contribution < 1.29 is 19.4 Å². The Hall–Kier alpha value is -2.97. The molecule has 0 bridgehead atoms. The molecule has 1 aliphatic heterocycles. The molecule has 0 radical (unpaired) electrons. The summed E-state index contributed by atoms with van der Waals surface area (Å²) in [5.74, 6) is -0.531. The van der Waals surface area contributed by atoms with E-state index in [0.717, 1.165) is 0 Å². The van der Waals surface area contributed by atoms with Gasteiger partial charge in [-0.2, -0.15) is 0 Å². The van der Waals surface area contributed by atoms with Crippen LogP contribution in [0.25, 0.3) is 11.0 Å². The number of hydrogen-bond donors (Lipinski definition) is 1. The highest BCUT2D eigenvalue weighted by Crippen LogP contribution is 2.28. The number of anilines is 1. The van der Waals surface area contributed by atoms with Crippen molar-refractivity contribution in [3.05, 3.63) is 24.2 Å². The van der Waals surface area contributed by atoms with Gasteiger partial charge >= 0.3 is 12.1 Å². The van der Waals surface area contributed by atoms with Crippen LogP contribution < -0.4 is 4.90 Å². The molecule has 9 heteroatoms. The van der Waals surface area contributed by atoms with E-state index < -0.39 is 11.6 Å². The third kappa shape index (κ3) is 3.83. The minimum Gasteiger partial charge on any atom is -0.478 e. The SMILES string of the molecule is C[C@@H]1CN(c2ncc(C(=O)O)c3nccnc23)C[C@H](C)N1C(=O)OC(C)(C)C. The van der Waals surface area contributed by atoms with Crippen molar-refractivity contribution in [2.75, 3.05) is 18.0 Å². The van der Waals surface area contributed by atoms with E-state index in [4.69, 9.17) is 4.74 Å². The van der Waals surface area contributed by atoms with Gasteiger partial charge in [0.05, 0.1) is 12.1 Å². The lowest BCUT2D eigenvalue weighted by Crippen LogP contribution is -2.59. The Morgan fingerprint density at radius 2 is 1.64 bits per heavy atom. The van der Waals surface area contributed by atoms with E-state index in [0.29, 0.717) is 29.9 Å². The largest absolute Gasteiger partial charge is 0.478 e. The van der Waals surface area contributed by atoms with Crippen molar-refractivity contribution >= 4 is 28.9 Å². The van der Waals surface area contributed by atoms with E-state index in [1.807, 2.05) is 39.5 Å². The number of pyridine rings is 1. The number of carbonyl (C=O) groups excluding carboxylic acids is 1. The number of aromatic carboxylic acids is 1. The Bertz CT molecular complexity index is 899. The first-order valence-electron chi connectivity index (χ1n) is 9.17. The summed E-state index contributed by atoms with van der Waals surface area (Å²) >= 11 is 0. The monoisotopic (exact) mass is 387 g/mol. The fourth-order valence-electron chi connectivity index (χ4n) is 3.50. The lowest BCUT2D eigenvalue weighted by atomic mass is 10.1. The lowest BCUT2D eigenvalue weighted by Gasteiger charge is -2.44. The van der Waals surface area contributed by atoms with Crippen molar-refractivity contribution in [1.82, 2.24) is 19.9 Å². The molecule has 1 amide bonds. The van der Waals surface area contributed by atoms with Gasteiger partial charge in [-0.05, 0) is 34.6 Å². The number of carboxylic acids is 1. The number of hydrogen-bond acceptors (Lipinski definition) is 7. The second-order valence-electron chi connectivity index (χ2n) is 8.04. The maximum Gasteiger partial charge on any atom is 0.410 e. The third-order valence-corrected chi connectivity index (χ3v) is 4.53. The molecule has 2 aromatic heterocycles. The number of amides is 1. The van der Waals surface area contributed by atoms with Crippen LogP contribution in [-0.4, -0.2) is 67.8 Å². The molecule has 3 heterocycles. The highest BCUT2D eigenvalue weighted by Gasteiger charge is 2.36. The van der Waals surface area contributed by atoms with Gasteiger partial charge in [-0.25, -0.2) is 19.6 Å². The summed E-state index contributed by atoms with van der Waals surface area (Å²) in [5, 5.41) is 9.38. The van der Waals surface area contributed by atoms with Gasteiger partial charge in [0, 0.05) is 31.7 Å². The van der Waals surface area contributed by atoms with Crippen LogP contribution in [0.5, 0.6) is 0 Å². The third-order valence-electron chi connectivity index (χ3n) is 4.53. The maximum atomic E-state index is 12.6. The topological polar surface area (TPSA) is 109 Å². The summed E-state index contributed by atoms with van der Waals surface area (Å²) < 4.78 is 5.54. The van der Waals surface area contributed by atoms with Crippen molar-refractivity contribution in [2.24, 2.45) is 0 Å². The summed E-state index contributed by atoms with van der Waals surface area (Å²) in [5.41, 5.74) is 0.191. The van der Waals surface area contributed by atoms with E-state index in [1.54, 1.807) is 4.90 Å². The molecular weight excluding hydrogens is 362 g/mol. The average molecular weight is 387 g/mol. The highest BCUT2D eigenvalue weighted by molar-refractivity contribution is 6.03. The number of carboxylic acid groups (broad SMARTS) is 1. The molecule has 0 saturated carbocycles. The second-order valence-corrected chi connectivity index (χ2v) is 8.04. The Kier molecular flexibility index (Phi) is 5.10. The standard InChI is InChI=1S/C19H25N5O4/c1-11-9-23(10-12(2)24(11)18(27)28-19(3,4)5)16-15-14(20-6-7-21-15)13(8-22-16)17(25)26/h6-8,11-12H,9-10H2,1-5H3,(H,25,26)/t11-,12+. The summed E-state index contributed by atoms with van der Waals surface area (Å²) in [7, 11) is 0. The average Bonchev–Trinajstić information content (AvgIpc) is 2.58. The quantitative estimate of drug-likeness (QED) is 0.837. The summed E-state index contributed by atoms with van der Waals surface area (Å²) in [6, 6.07) is -0.238. The van der Waals surface area contributed by atoms with Crippen LogP contribution in [0.15, 0.2) is 18.6 Å². The Morgan fingerprint density at radius 3 is 2.18 bits per heavy atom. The molecule has 0 aromatic carbocycles. The van der Waals surface area contributed by atoms with Crippen LogP contribution in [0.2, 0.25) is 0 Å². The van der Waals surface area contributed by atoms with E-state index >= 15 is 0 Å². The molecule has 1 fully saturated rings. The number of piperazine rings is 1. The van der Waals surface area contributed by atoms with Crippen LogP contribution >= 0.6 is 0 Å². The zero-order valence-electron chi connectivity index (χ0n) is 16.7. The van der Waals surface area contributed by atoms with Gasteiger partial charge < -0.3 is 14.7 Å². The Balaban J connectivity index is 1.91. The van der Waals surface area contributed by atoms with Gasteiger partial charge in [-0.1, -0.05) is 0 Å². The predicted octanol–water partition coefficient (Wildman–Crippen LogP) is 2.56. The summed E-state index contributed by atoms with van der Waals surface area (Å²) in [6.45, 7) is 10.5. The molecule has 28 heavy (non-hydrogen) atoms. The number of nitrogens with zero attached hydrogens (tertiary/aromatic N) is 5. The lowest BCUT2D eigenvalue weighted by molar-refractivity contribution is 0.00560. The minimum absolute atomic E-state index is 0.0142. The first kappa shape index (κ1) is 19.8. The van der Waals surface area contributed by atoms with Crippen molar-refractivity contribution in [3.63, 3.8) is 0 Å². The summed E-state index contributed by atoms with van der Waals surface area (Å²) in [4.78, 5) is 40.7. The number of ether oxygens (including phenoxy) is 1. The molecule has 0 spiro atoms. The molecule has 1 saturated heterocycles. The van der Waals surface area contributed by atoms with Crippen LogP contribution in [0.4, 0.5) is 10.6 Å². The second kappa shape index (κ2) is 7.21. The van der Waals surface area contributed by atoms with E-state index in [9.17, 15) is 14.7 Å². The molecule has 9 nitrogen and oxygen atoms in total. The van der Waals surface area contributed by atoms with Gasteiger partial charge in [0.1, 0.15) is 22.2 Å². The Labute approximate surface area is 163 Å². The van der Waals surface area contributed by atoms with E-state index in [2.05, 4.69) is 15.0 Å². The zero-order chi connectivity index (χ0) is 20.6. The van der Waals surface area contributed by atoms with Crippen LogP contribution in [0, 0.1) is 0 Å². The molecule has 150 valence electrons. The number of fused-ring (bicyclic) bond motifs is 1. The molecule has 2 aromatic rings. The Morgan fingerprint density at radius 1 is 1.07 bits per heavy atom. The molecular formula is C19H25N5O4. The zero-order valence-corrected chi connectivity index (χ0v) is 16.7. The number of carbonyl (C=O) groups is 2. The fourth-order valence-corrected chi connectivity index (χ4v) is 3.50. The van der Waals surface area contributed by atoms with Gasteiger partial charge in [0.25, 0.3) is 0 Å². The smallest absolute Gasteiger partial charge is 0.410 e. The number of aromatic nitrogens is 3. The van der Waals surface area contributed by atoms with Gasteiger partial charge in [-0.3, -0.25) is 9.88 Å². The van der Waals surface area contributed by atoms with Crippen LogP contribution in [-0.2, 0) is 4.74 Å². The van der Waals surface area contributed by atoms with Crippen LogP contribution in [0.1, 0.15) is 45.0 Å². The van der Waals surface area contributed by atoms with Crippen molar-refractivity contribution in [3.8, 4) is 0 Å². The maximum absolute atomic E-state index is 12.6. The molecule has 0 aliphatic carbocycles.